The number of carbonyl (C=O) groups is 1. The van der Waals surface area contributed by atoms with Crippen LogP contribution < -0.4 is 10.2 Å². The Morgan fingerprint density at radius 3 is 2.21 bits per heavy atom. The topological polar surface area (TPSA) is 61.4 Å². The zero-order valence-corrected chi connectivity index (χ0v) is 19.2. The van der Waals surface area contributed by atoms with E-state index in [1.165, 1.54) is 0 Å². The summed E-state index contributed by atoms with van der Waals surface area (Å²) in [5.74, 6) is 1.34. The smallest absolute Gasteiger partial charge is 0.255 e. The van der Waals surface area contributed by atoms with E-state index in [1.54, 1.807) is 23.1 Å². The minimum absolute atomic E-state index is 0.116. The van der Waals surface area contributed by atoms with E-state index in [-0.39, 0.29) is 5.91 Å². The lowest BCUT2D eigenvalue weighted by molar-refractivity contribution is 0.0747. The number of carbonyl (C=O) groups excluding carboxylic acids is 1. The molecule has 4 aromatic rings. The molecule has 0 saturated carbocycles. The summed E-state index contributed by atoms with van der Waals surface area (Å²) < 4.78 is 0. The standard InChI is InChI=1S/C25H21Cl2N5O/c26-17-10-11-20(27)19(16-17)25(33)32-14-12-31(13-15-32)24-23(28-18-6-2-1-3-7-18)29-21-8-4-5-9-22(21)30-24/h1-11,16H,12-15H2,(H,28,29). The summed E-state index contributed by atoms with van der Waals surface area (Å²) in [6.07, 6.45) is 0. The van der Waals surface area contributed by atoms with E-state index in [9.17, 15) is 4.79 Å². The third-order valence-corrected chi connectivity index (χ3v) is 6.18. The minimum Gasteiger partial charge on any atom is -0.350 e. The van der Waals surface area contributed by atoms with Gasteiger partial charge in [-0.05, 0) is 42.5 Å². The van der Waals surface area contributed by atoms with Crippen LogP contribution in [0.1, 0.15) is 10.4 Å². The van der Waals surface area contributed by atoms with Crippen LogP contribution in [0.4, 0.5) is 17.3 Å². The third kappa shape index (κ3) is 4.58. The van der Waals surface area contributed by atoms with E-state index in [0.717, 1.165) is 22.5 Å². The zero-order chi connectivity index (χ0) is 22.8. The van der Waals surface area contributed by atoms with Crippen LogP contribution in [0.15, 0.2) is 72.8 Å². The Kier molecular flexibility index (Phi) is 6.03. The van der Waals surface area contributed by atoms with Crippen LogP contribution in [0.5, 0.6) is 0 Å². The SMILES string of the molecule is O=C(c1cc(Cl)ccc1Cl)N1CCN(c2nc3ccccc3nc2Nc2ccccc2)CC1. The molecule has 0 atom stereocenters. The number of benzene rings is 3. The molecule has 6 nitrogen and oxygen atoms in total. The van der Waals surface area contributed by atoms with Crippen molar-refractivity contribution >= 4 is 57.5 Å². The average molecular weight is 478 g/mol. The van der Waals surface area contributed by atoms with E-state index >= 15 is 0 Å². The highest BCUT2D eigenvalue weighted by molar-refractivity contribution is 6.35. The fraction of sp³-hybridized carbons (Fsp3) is 0.160. The predicted octanol–water partition coefficient (Wildman–Crippen LogP) is 5.64. The molecule has 33 heavy (non-hydrogen) atoms. The van der Waals surface area contributed by atoms with Gasteiger partial charge in [-0.2, -0.15) is 0 Å². The quantitative estimate of drug-likeness (QED) is 0.411. The summed E-state index contributed by atoms with van der Waals surface area (Å²) in [4.78, 5) is 26.7. The number of nitrogens with one attached hydrogen (secondary N) is 1. The molecule has 0 unspecified atom stereocenters. The van der Waals surface area contributed by atoms with E-state index in [1.807, 2.05) is 54.6 Å². The molecule has 8 heteroatoms. The fourth-order valence-corrected chi connectivity index (χ4v) is 4.28. The van der Waals surface area contributed by atoms with Crippen LogP contribution in [-0.4, -0.2) is 47.0 Å². The summed E-state index contributed by atoms with van der Waals surface area (Å²) >= 11 is 12.3. The Morgan fingerprint density at radius 2 is 1.48 bits per heavy atom. The first-order valence-corrected chi connectivity index (χ1v) is 11.4. The van der Waals surface area contributed by atoms with Crippen molar-refractivity contribution < 1.29 is 4.79 Å². The maximum atomic E-state index is 13.0. The van der Waals surface area contributed by atoms with Gasteiger partial charge in [-0.1, -0.05) is 53.5 Å². The van der Waals surface area contributed by atoms with Crippen molar-refractivity contribution in [3.8, 4) is 0 Å². The second-order valence-corrected chi connectivity index (χ2v) is 8.62. The molecule has 5 rings (SSSR count). The van der Waals surface area contributed by atoms with Gasteiger partial charge in [-0.25, -0.2) is 9.97 Å². The summed E-state index contributed by atoms with van der Waals surface area (Å²) in [5, 5.41) is 4.30. The van der Waals surface area contributed by atoms with Gasteiger partial charge < -0.3 is 15.1 Å². The molecule has 0 radical (unpaired) electrons. The monoisotopic (exact) mass is 477 g/mol. The Bertz CT molecular complexity index is 1310. The lowest BCUT2D eigenvalue weighted by atomic mass is 10.1. The van der Waals surface area contributed by atoms with Gasteiger partial charge in [-0.15, -0.1) is 0 Å². The average Bonchev–Trinajstić information content (AvgIpc) is 2.85. The van der Waals surface area contributed by atoms with Crippen molar-refractivity contribution in [2.24, 2.45) is 0 Å². The predicted molar refractivity (Wildman–Crippen MR) is 134 cm³/mol. The summed E-state index contributed by atoms with van der Waals surface area (Å²) in [6.45, 7) is 2.34. The molecule has 1 aliphatic heterocycles. The van der Waals surface area contributed by atoms with Crippen molar-refractivity contribution in [1.82, 2.24) is 14.9 Å². The van der Waals surface area contributed by atoms with Gasteiger partial charge in [-0.3, -0.25) is 4.79 Å². The normalized spacial score (nSPS) is 13.9. The highest BCUT2D eigenvalue weighted by atomic mass is 35.5. The van der Waals surface area contributed by atoms with Gasteiger partial charge in [0.15, 0.2) is 11.6 Å². The maximum absolute atomic E-state index is 13.0. The molecule has 0 spiro atoms. The van der Waals surface area contributed by atoms with Crippen LogP contribution in [0.2, 0.25) is 10.0 Å². The fourth-order valence-electron chi connectivity index (χ4n) is 3.91. The largest absolute Gasteiger partial charge is 0.350 e. The number of aromatic nitrogens is 2. The van der Waals surface area contributed by atoms with Crippen molar-refractivity contribution in [2.45, 2.75) is 0 Å². The number of hydrogen-bond donors (Lipinski definition) is 1. The van der Waals surface area contributed by atoms with Crippen LogP contribution in [-0.2, 0) is 0 Å². The number of hydrogen-bond acceptors (Lipinski definition) is 5. The van der Waals surface area contributed by atoms with Gasteiger partial charge in [0.1, 0.15) is 0 Å². The lowest BCUT2D eigenvalue weighted by Gasteiger charge is -2.36. The van der Waals surface area contributed by atoms with E-state index < -0.39 is 0 Å². The molecule has 0 bridgehead atoms. The molecule has 1 amide bonds. The summed E-state index contributed by atoms with van der Waals surface area (Å²) in [6, 6.07) is 22.7. The summed E-state index contributed by atoms with van der Waals surface area (Å²) in [5.41, 5.74) is 3.02. The van der Waals surface area contributed by atoms with E-state index in [4.69, 9.17) is 33.2 Å². The lowest BCUT2D eigenvalue weighted by Crippen LogP contribution is -2.49. The number of para-hydroxylation sites is 3. The molecule has 1 N–H and O–H groups in total. The molecule has 3 aromatic carbocycles. The van der Waals surface area contributed by atoms with E-state index in [2.05, 4.69) is 10.2 Å². The Labute approximate surface area is 201 Å². The van der Waals surface area contributed by atoms with Crippen molar-refractivity contribution in [3.05, 3.63) is 88.4 Å². The van der Waals surface area contributed by atoms with Gasteiger partial charge in [0.25, 0.3) is 5.91 Å². The molecule has 166 valence electrons. The number of piperazine rings is 1. The molecule has 1 saturated heterocycles. The molecular formula is C25H21Cl2N5O. The highest BCUT2D eigenvalue weighted by Crippen LogP contribution is 2.29. The zero-order valence-electron chi connectivity index (χ0n) is 17.7. The molecule has 0 aliphatic carbocycles. The van der Waals surface area contributed by atoms with Gasteiger partial charge >= 0.3 is 0 Å². The first kappa shape index (κ1) is 21.5. The highest BCUT2D eigenvalue weighted by Gasteiger charge is 2.26. The van der Waals surface area contributed by atoms with Crippen LogP contribution >= 0.6 is 23.2 Å². The number of nitrogens with zero attached hydrogens (tertiary/aromatic N) is 4. The van der Waals surface area contributed by atoms with Crippen molar-refractivity contribution in [2.75, 3.05) is 36.4 Å². The number of halogens is 2. The Hall–Kier alpha value is -3.35. The number of amides is 1. The Morgan fingerprint density at radius 1 is 0.818 bits per heavy atom. The van der Waals surface area contributed by atoms with Gasteiger partial charge in [0, 0.05) is 36.9 Å². The third-order valence-electron chi connectivity index (χ3n) is 5.61. The number of fused-ring (bicyclic) bond motifs is 1. The first-order chi connectivity index (χ1) is 16.1. The van der Waals surface area contributed by atoms with Crippen LogP contribution in [0.3, 0.4) is 0 Å². The van der Waals surface area contributed by atoms with Crippen molar-refractivity contribution in [1.29, 1.82) is 0 Å². The second-order valence-electron chi connectivity index (χ2n) is 7.78. The minimum atomic E-state index is -0.116. The molecule has 2 heterocycles. The maximum Gasteiger partial charge on any atom is 0.255 e. The first-order valence-electron chi connectivity index (χ1n) is 10.7. The van der Waals surface area contributed by atoms with Crippen LogP contribution in [0, 0.1) is 0 Å². The molecular weight excluding hydrogens is 457 g/mol. The molecule has 1 aliphatic rings. The number of rotatable bonds is 4. The molecule has 1 fully saturated rings. The molecule has 1 aromatic heterocycles. The van der Waals surface area contributed by atoms with Gasteiger partial charge in [0.2, 0.25) is 0 Å². The second kappa shape index (κ2) is 9.25. The summed E-state index contributed by atoms with van der Waals surface area (Å²) in [7, 11) is 0. The van der Waals surface area contributed by atoms with Crippen LogP contribution in [0.25, 0.3) is 11.0 Å². The number of anilines is 3. The Balaban J connectivity index is 1.40. The van der Waals surface area contributed by atoms with E-state index in [0.29, 0.717) is 47.6 Å². The van der Waals surface area contributed by atoms with Crippen molar-refractivity contribution in [3.63, 3.8) is 0 Å². The van der Waals surface area contributed by atoms with Gasteiger partial charge in [0.05, 0.1) is 21.6 Å².